The van der Waals surface area contributed by atoms with Gasteiger partial charge in [0.25, 0.3) is 0 Å². The molecule has 3 nitrogen and oxygen atoms in total. The molecule has 5 heteroatoms. The summed E-state index contributed by atoms with van der Waals surface area (Å²) in [5.41, 5.74) is 1.93. The number of aliphatic hydroxyl groups is 1. The van der Waals surface area contributed by atoms with Crippen LogP contribution < -0.4 is 0 Å². The summed E-state index contributed by atoms with van der Waals surface area (Å²) in [7, 11) is 0. The van der Waals surface area contributed by atoms with Crippen molar-refractivity contribution < 1.29 is 5.11 Å². The predicted molar refractivity (Wildman–Crippen MR) is 94.1 cm³/mol. The van der Waals surface area contributed by atoms with Crippen molar-refractivity contribution in [2.24, 2.45) is 0 Å². The van der Waals surface area contributed by atoms with E-state index in [9.17, 15) is 10.4 Å². The molecule has 1 N–H and O–H groups in total. The molecule has 1 heterocycles. The molecule has 0 atom stereocenters. The van der Waals surface area contributed by atoms with Crippen LogP contribution in [0.15, 0.2) is 60.0 Å². The number of hydrogen-bond donors (Lipinski definition) is 1. The van der Waals surface area contributed by atoms with Crippen LogP contribution in [0.25, 0.3) is 21.9 Å². The Bertz CT molecular complexity index is 910. The summed E-state index contributed by atoms with van der Waals surface area (Å²) >= 11 is 7.51. The Morgan fingerprint density at radius 1 is 1.09 bits per heavy atom. The van der Waals surface area contributed by atoms with Crippen LogP contribution >= 0.6 is 22.9 Å². The Hall–Kier alpha value is -2.61. The van der Waals surface area contributed by atoms with E-state index in [0.717, 1.165) is 10.6 Å². The van der Waals surface area contributed by atoms with Crippen molar-refractivity contribution in [2.75, 3.05) is 0 Å². The number of rotatable bonds is 3. The molecule has 0 bridgehead atoms. The molecule has 2 aromatic carbocycles. The fourth-order valence-electron chi connectivity index (χ4n) is 2.12. The van der Waals surface area contributed by atoms with Gasteiger partial charge in [-0.1, -0.05) is 54.1 Å². The average Bonchev–Trinajstić information content (AvgIpc) is 3.06. The number of benzene rings is 2. The maximum absolute atomic E-state index is 10.4. The Morgan fingerprint density at radius 2 is 1.78 bits per heavy atom. The lowest BCUT2D eigenvalue weighted by atomic mass is 10.1. The van der Waals surface area contributed by atoms with Crippen molar-refractivity contribution in [2.45, 2.75) is 0 Å². The predicted octanol–water partition coefficient (Wildman–Crippen LogP) is 5.41. The van der Waals surface area contributed by atoms with Gasteiger partial charge in [-0.3, -0.25) is 0 Å². The van der Waals surface area contributed by atoms with Crippen LogP contribution in [0, 0.1) is 11.3 Å². The molecule has 0 fully saturated rings. The third-order valence-electron chi connectivity index (χ3n) is 3.26. The van der Waals surface area contributed by atoms with Gasteiger partial charge in [-0.25, -0.2) is 4.98 Å². The minimum atomic E-state index is -0.164. The summed E-state index contributed by atoms with van der Waals surface area (Å²) in [6.07, 6.45) is 0. The molecule has 0 aliphatic rings. The first-order valence-electron chi connectivity index (χ1n) is 6.80. The number of nitriles is 1. The molecule has 112 valence electrons. The smallest absolute Gasteiger partial charge is 0.144 e. The number of aliphatic hydroxyl groups excluding tert-OH is 1. The summed E-state index contributed by atoms with van der Waals surface area (Å²) in [5.74, 6) is -0.164. The number of allylic oxidation sites excluding steroid dienone is 1. The largest absolute Gasteiger partial charge is 0.506 e. The molecule has 23 heavy (non-hydrogen) atoms. The van der Waals surface area contributed by atoms with E-state index in [-0.39, 0.29) is 11.3 Å². The Balaban J connectivity index is 2.06. The van der Waals surface area contributed by atoms with E-state index < -0.39 is 0 Å². The van der Waals surface area contributed by atoms with Crippen LogP contribution in [0.3, 0.4) is 0 Å². The van der Waals surface area contributed by atoms with Crippen LogP contribution in [-0.4, -0.2) is 10.1 Å². The molecule has 0 saturated carbocycles. The third-order valence-corrected chi connectivity index (χ3v) is 4.48. The fraction of sp³-hybridized carbons (Fsp3) is 0. The van der Waals surface area contributed by atoms with Crippen molar-refractivity contribution >= 4 is 34.3 Å². The van der Waals surface area contributed by atoms with Crippen molar-refractivity contribution in [3.8, 4) is 16.6 Å². The zero-order chi connectivity index (χ0) is 16.2. The highest BCUT2D eigenvalue weighted by Gasteiger charge is 2.16. The molecule has 1 aromatic heterocycles. The topological polar surface area (TPSA) is 56.9 Å². The lowest BCUT2D eigenvalue weighted by Crippen LogP contribution is -1.92. The highest BCUT2D eigenvalue weighted by Crippen LogP contribution is 2.31. The summed E-state index contributed by atoms with van der Waals surface area (Å²) in [6.45, 7) is 0. The van der Waals surface area contributed by atoms with E-state index in [1.54, 1.807) is 29.6 Å². The second-order valence-electron chi connectivity index (χ2n) is 4.72. The van der Waals surface area contributed by atoms with Gasteiger partial charge in [0.1, 0.15) is 22.4 Å². The van der Waals surface area contributed by atoms with Gasteiger partial charge in [-0.15, -0.1) is 11.3 Å². The van der Waals surface area contributed by atoms with Gasteiger partial charge in [0.05, 0.1) is 10.7 Å². The van der Waals surface area contributed by atoms with Gasteiger partial charge in [0.15, 0.2) is 0 Å². The van der Waals surface area contributed by atoms with Crippen LogP contribution in [0.5, 0.6) is 0 Å². The van der Waals surface area contributed by atoms with E-state index in [4.69, 9.17) is 11.6 Å². The fourth-order valence-corrected chi connectivity index (χ4v) is 3.16. The summed E-state index contributed by atoms with van der Waals surface area (Å²) in [4.78, 5) is 4.46. The number of thiazole rings is 1. The quantitative estimate of drug-likeness (QED) is 0.513. The highest BCUT2D eigenvalue weighted by molar-refractivity contribution is 7.13. The molecule has 3 aromatic rings. The van der Waals surface area contributed by atoms with E-state index in [1.165, 1.54) is 11.3 Å². The Kier molecular flexibility index (Phi) is 4.42. The average molecular weight is 339 g/mol. The van der Waals surface area contributed by atoms with Crippen molar-refractivity contribution in [3.05, 3.63) is 76.3 Å². The van der Waals surface area contributed by atoms with Crippen LogP contribution in [0.4, 0.5) is 0 Å². The van der Waals surface area contributed by atoms with Gasteiger partial charge in [-0.05, 0) is 12.1 Å². The molecule has 0 saturated heterocycles. The van der Waals surface area contributed by atoms with E-state index >= 15 is 0 Å². The standard InChI is InChI=1S/C18H11ClN2OS/c19-15-9-5-4-8-13(15)17(22)14(10-20)16-11-23-18(21-16)12-6-2-1-3-7-12/h1-9,11,22H. The maximum atomic E-state index is 10.4. The number of halogens is 1. The van der Waals surface area contributed by atoms with E-state index in [0.29, 0.717) is 16.3 Å². The molecule has 0 aliphatic heterocycles. The normalized spacial score (nSPS) is 11.7. The molecular formula is C18H11ClN2OS. The lowest BCUT2D eigenvalue weighted by Gasteiger charge is -2.04. The molecule has 0 radical (unpaired) electrons. The van der Waals surface area contributed by atoms with Gasteiger partial charge in [0, 0.05) is 16.5 Å². The van der Waals surface area contributed by atoms with Crippen molar-refractivity contribution in [1.29, 1.82) is 5.26 Å². The van der Waals surface area contributed by atoms with Crippen molar-refractivity contribution in [3.63, 3.8) is 0 Å². The van der Waals surface area contributed by atoms with Gasteiger partial charge in [0.2, 0.25) is 0 Å². The monoisotopic (exact) mass is 338 g/mol. The summed E-state index contributed by atoms with van der Waals surface area (Å²) in [5, 5.41) is 22.8. The van der Waals surface area contributed by atoms with Crippen LogP contribution in [0.1, 0.15) is 11.3 Å². The first-order valence-corrected chi connectivity index (χ1v) is 8.06. The number of aromatic nitrogens is 1. The Morgan fingerprint density at radius 3 is 2.48 bits per heavy atom. The minimum Gasteiger partial charge on any atom is -0.506 e. The molecule has 0 spiro atoms. The third kappa shape index (κ3) is 3.11. The first-order chi connectivity index (χ1) is 11.2. The molecule has 0 amide bonds. The van der Waals surface area contributed by atoms with Crippen LogP contribution in [-0.2, 0) is 0 Å². The summed E-state index contributed by atoms with van der Waals surface area (Å²) < 4.78 is 0. The lowest BCUT2D eigenvalue weighted by molar-refractivity contribution is 0.514. The molecule has 0 aliphatic carbocycles. The second kappa shape index (κ2) is 6.66. The Labute approximate surface area is 142 Å². The van der Waals surface area contributed by atoms with Gasteiger partial charge >= 0.3 is 0 Å². The minimum absolute atomic E-state index is 0.108. The van der Waals surface area contributed by atoms with Gasteiger partial charge in [-0.2, -0.15) is 5.26 Å². The number of hydrogen-bond acceptors (Lipinski definition) is 4. The second-order valence-corrected chi connectivity index (χ2v) is 5.98. The van der Waals surface area contributed by atoms with E-state index in [2.05, 4.69) is 4.98 Å². The summed E-state index contributed by atoms with van der Waals surface area (Å²) in [6, 6.07) is 18.6. The SMILES string of the molecule is N#CC(=C(O)c1ccccc1Cl)c1csc(-c2ccccc2)n1. The van der Waals surface area contributed by atoms with Crippen LogP contribution in [0.2, 0.25) is 5.02 Å². The van der Waals surface area contributed by atoms with Gasteiger partial charge < -0.3 is 5.11 Å². The number of nitrogens with zero attached hydrogens (tertiary/aromatic N) is 2. The maximum Gasteiger partial charge on any atom is 0.144 e. The molecule has 0 unspecified atom stereocenters. The van der Waals surface area contributed by atoms with E-state index in [1.807, 2.05) is 36.4 Å². The molecule has 3 rings (SSSR count). The zero-order valence-corrected chi connectivity index (χ0v) is 13.5. The molecular weight excluding hydrogens is 328 g/mol. The van der Waals surface area contributed by atoms with Crippen molar-refractivity contribution in [1.82, 2.24) is 4.98 Å². The first kappa shape index (κ1) is 15.3. The highest BCUT2D eigenvalue weighted by atomic mass is 35.5. The zero-order valence-electron chi connectivity index (χ0n) is 11.9.